The van der Waals surface area contributed by atoms with Crippen molar-refractivity contribution in [2.45, 2.75) is 60.3 Å². The Morgan fingerprint density at radius 3 is 1.72 bits per heavy atom. The molecule has 1 aliphatic carbocycles. The van der Waals surface area contributed by atoms with Crippen molar-refractivity contribution in [3.63, 3.8) is 0 Å². The fraction of sp³-hybridized carbons (Fsp3) is 0.588. The van der Waals surface area contributed by atoms with Crippen LogP contribution in [-0.2, 0) is 0 Å². The highest BCUT2D eigenvalue weighted by Crippen LogP contribution is 2.33. The predicted octanol–water partition coefficient (Wildman–Crippen LogP) is 4.60. The van der Waals surface area contributed by atoms with Crippen molar-refractivity contribution in [3.05, 3.63) is 33.4 Å². The quantitative estimate of drug-likeness (QED) is 0.710. The molecule has 0 saturated heterocycles. The van der Waals surface area contributed by atoms with E-state index >= 15 is 0 Å². The number of Topliss-reactive ketones (excluding diaryl/α,β-unsaturated/α-hetero) is 1. The second-order valence-corrected chi connectivity index (χ2v) is 5.92. The number of hydrogen-bond donors (Lipinski definition) is 0. The van der Waals surface area contributed by atoms with E-state index in [2.05, 4.69) is 34.6 Å². The molecule has 1 fully saturated rings. The molecule has 0 radical (unpaired) electrons. The third-order valence-corrected chi connectivity index (χ3v) is 4.98. The van der Waals surface area contributed by atoms with E-state index in [4.69, 9.17) is 0 Å². The smallest absolute Gasteiger partial charge is 0.163 e. The largest absolute Gasteiger partial charge is 0.294 e. The molecule has 0 amide bonds. The summed E-state index contributed by atoms with van der Waals surface area (Å²) in [4.78, 5) is 12.5. The van der Waals surface area contributed by atoms with Crippen molar-refractivity contribution in [1.29, 1.82) is 0 Å². The number of hydrogen-bond acceptors (Lipinski definition) is 1. The lowest BCUT2D eigenvalue weighted by molar-refractivity contribution is 0.0935. The average molecular weight is 244 g/mol. The zero-order valence-electron chi connectivity index (χ0n) is 12.3. The number of carbonyl (C=O) groups is 1. The van der Waals surface area contributed by atoms with E-state index in [1.807, 2.05) is 0 Å². The van der Waals surface area contributed by atoms with Gasteiger partial charge in [0.15, 0.2) is 5.78 Å². The average Bonchev–Trinajstić information content (AvgIpc) is 2.29. The standard InChI is InChI=1S/C17H24O/c1-10-11(2)13(4)17(14(5)12(10)3)16(18)9-15-7-6-8-15/h15H,6-9H2,1-5H3. The molecular weight excluding hydrogens is 220 g/mol. The predicted molar refractivity (Wildman–Crippen MR) is 76.4 cm³/mol. The minimum atomic E-state index is 0.362. The Labute approximate surface area is 111 Å². The molecule has 0 spiro atoms. The van der Waals surface area contributed by atoms with Crippen LogP contribution in [0, 0.1) is 40.5 Å². The van der Waals surface area contributed by atoms with Gasteiger partial charge in [-0.25, -0.2) is 0 Å². The first-order chi connectivity index (χ1) is 8.43. The third kappa shape index (κ3) is 2.11. The normalized spacial score (nSPS) is 15.6. The number of benzene rings is 1. The molecule has 18 heavy (non-hydrogen) atoms. The minimum Gasteiger partial charge on any atom is -0.294 e. The summed E-state index contributed by atoms with van der Waals surface area (Å²) in [5, 5.41) is 0. The van der Waals surface area contributed by atoms with E-state index in [1.54, 1.807) is 0 Å². The molecule has 98 valence electrons. The van der Waals surface area contributed by atoms with Crippen LogP contribution in [0.1, 0.15) is 63.9 Å². The summed E-state index contributed by atoms with van der Waals surface area (Å²) in [7, 11) is 0. The summed E-state index contributed by atoms with van der Waals surface area (Å²) in [6.45, 7) is 10.6. The highest BCUT2D eigenvalue weighted by Gasteiger charge is 2.24. The molecule has 0 atom stereocenters. The van der Waals surface area contributed by atoms with Gasteiger partial charge in [-0.3, -0.25) is 4.79 Å². The summed E-state index contributed by atoms with van der Waals surface area (Å²) in [6.07, 6.45) is 4.55. The Morgan fingerprint density at radius 2 is 1.33 bits per heavy atom. The van der Waals surface area contributed by atoms with Crippen LogP contribution in [0.4, 0.5) is 0 Å². The molecule has 0 unspecified atom stereocenters. The van der Waals surface area contributed by atoms with Crippen molar-refractivity contribution in [2.75, 3.05) is 0 Å². The Bertz CT molecular complexity index is 464. The molecule has 0 aliphatic heterocycles. The summed E-state index contributed by atoms with van der Waals surface area (Å²) in [5.41, 5.74) is 7.30. The van der Waals surface area contributed by atoms with Crippen LogP contribution >= 0.6 is 0 Å². The van der Waals surface area contributed by atoms with E-state index in [-0.39, 0.29) is 0 Å². The molecule has 1 nitrogen and oxygen atoms in total. The highest BCUT2D eigenvalue weighted by atomic mass is 16.1. The molecule has 0 bridgehead atoms. The Balaban J connectivity index is 2.40. The topological polar surface area (TPSA) is 17.1 Å². The molecule has 0 heterocycles. The minimum absolute atomic E-state index is 0.362. The first kappa shape index (κ1) is 13.3. The first-order valence-electron chi connectivity index (χ1n) is 7.03. The lowest BCUT2D eigenvalue weighted by Crippen LogP contribution is -2.18. The molecule has 1 heteroatoms. The highest BCUT2D eigenvalue weighted by molar-refractivity contribution is 5.99. The van der Waals surface area contributed by atoms with Crippen molar-refractivity contribution < 1.29 is 4.79 Å². The third-order valence-electron chi connectivity index (χ3n) is 4.98. The van der Waals surface area contributed by atoms with Gasteiger partial charge in [0.05, 0.1) is 0 Å². The van der Waals surface area contributed by atoms with Gasteiger partial charge in [0.1, 0.15) is 0 Å². The zero-order chi connectivity index (χ0) is 13.4. The number of rotatable bonds is 3. The van der Waals surface area contributed by atoms with Gasteiger partial charge >= 0.3 is 0 Å². The molecule has 0 N–H and O–H groups in total. The molecule has 1 aromatic carbocycles. The van der Waals surface area contributed by atoms with Crippen molar-refractivity contribution >= 4 is 5.78 Å². The first-order valence-corrected chi connectivity index (χ1v) is 7.03. The Kier molecular flexibility index (Phi) is 3.61. The maximum Gasteiger partial charge on any atom is 0.163 e. The van der Waals surface area contributed by atoms with Crippen LogP contribution < -0.4 is 0 Å². The monoisotopic (exact) mass is 244 g/mol. The van der Waals surface area contributed by atoms with Crippen molar-refractivity contribution in [3.8, 4) is 0 Å². The van der Waals surface area contributed by atoms with Gasteiger partial charge in [-0.1, -0.05) is 19.3 Å². The number of ketones is 1. The van der Waals surface area contributed by atoms with E-state index < -0.39 is 0 Å². The van der Waals surface area contributed by atoms with Gasteiger partial charge in [0, 0.05) is 12.0 Å². The Morgan fingerprint density at radius 1 is 0.889 bits per heavy atom. The summed E-state index contributed by atoms with van der Waals surface area (Å²) in [5.74, 6) is 1.01. The van der Waals surface area contributed by atoms with Gasteiger partial charge in [0.2, 0.25) is 0 Å². The van der Waals surface area contributed by atoms with Gasteiger partial charge in [-0.05, 0) is 68.4 Å². The van der Waals surface area contributed by atoms with Gasteiger partial charge < -0.3 is 0 Å². The van der Waals surface area contributed by atoms with Gasteiger partial charge in [0.25, 0.3) is 0 Å². The number of carbonyl (C=O) groups excluding carboxylic acids is 1. The van der Waals surface area contributed by atoms with E-state index in [0.717, 1.165) is 12.0 Å². The van der Waals surface area contributed by atoms with E-state index in [1.165, 1.54) is 47.1 Å². The van der Waals surface area contributed by atoms with Crippen LogP contribution in [0.25, 0.3) is 0 Å². The molecule has 1 saturated carbocycles. The van der Waals surface area contributed by atoms with Crippen LogP contribution in [0.5, 0.6) is 0 Å². The summed E-state index contributed by atoms with van der Waals surface area (Å²) in [6, 6.07) is 0. The van der Waals surface area contributed by atoms with Crippen molar-refractivity contribution in [1.82, 2.24) is 0 Å². The van der Waals surface area contributed by atoms with Gasteiger partial charge in [-0.2, -0.15) is 0 Å². The summed E-state index contributed by atoms with van der Waals surface area (Å²) >= 11 is 0. The molecule has 1 aromatic rings. The fourth-order valence-corrected chi connectivity index (χ4v) is 2.98. The molecule has 0 aromatic heterocycles. The molecular formula is C17H24O. The maximum absolute atomic E-state index is 12.5. The fourth-order valence-electron chi connectivity index (χ4n) is 2.98. The SMILES string of the molecule is Cc1c(C)c(C)c(C(=O)CC2CCC2)c(C)c1C. The van der Waals surface area contributed by atoms with Crippen LogP contribution in [0.2, 0.25) is 0 Å². The van der Waals surface area contributed by atoms with Gasteiger partial charge in [-0.15, -0.1) is 0 Å². The zero-order valence-corrected chi connectivity index (χ0v) is 12.3. The Hall–Kier alpha value is -1.11. The lowest BCUT2D eigenvalue weighted by atomic mass is 9.79. The van der Waals surface area contributed by atoms with E-state index in [0.29, 0.717) is 11.7 Å². The van der Waals surface area contributed by atoms with E-state index in [9.17, 15) is 4.79 Å². The van der Waals surface area contributed by atoms with Crippen molar-refractivity contribution in [2.24, 2.45) is 5.92 Å². The van der Waals surface area contributed by atoms with Crippen LogP contribution in [0.15, 0.2) is 0 Å². The second kappa shape index (κ2) is 4.87. The van der Waals surface area contributed by atoms with Crippen LogP contribution in [0.3, 0.4) is 0 Å². The summed E-state index contributed by atoms with van der Waals surface area (Å²) < 4.78 is 0. The lowest BCUT2D eigenvalue weighted by Gasteiger charge is -2.26. The van der Waals surface area contributed by atoms with Crippen LogP contribution in [-0.4, -0.2) is 5.78 Å². The maximum atomic E-state index is 12.5. The molecule has 2 rings (SSSR count). The second-order valence-electron chi connectivity index (χ2n) is 5.92. The molecule has 1 aliphatic rings.